The van der Waals surface area contributed by atoms with Gasteiger partial charge in [-0.15, -0.1) is 0 Å². The van der Waals surface area contributed by atoms with E-state index in [4.69, 9.17) is 9.72 Å². The summed E-state index contributed by atoms with van der Waals surface area (Å²) in [6, 6.07) is 5.67. The summed E-state index contributed by atoms with van der Waals surface area (Å²) < 4.78 is 37.5. The summed E-state index contributed by atoms with van der Waals surface area (Å²) in [6.45, 7) is 13.1. The van der Waals surface area contributed by atoms with E-state index in [1.54, 1.807) is 21.9 Å². The van der Waals surface area contributed by atoms with Crippen molar-refractivity contribution in [3.05, 3.63) is 54.1 Å². The number of likely N-dealkylation sites (N-methyl/N-ethyl adjacent to an activating group) is 1. The molecule has 1 unspecified atom stereocenters. The second kappa shape index (κ2) is 10.9. The molecule has 2 atom stereocenters. The predicted molar refractivity (Wildman–Crippen MR) is 156 cm³/mol. The average Bonchev–Trinajstić information content (AvgIpc) is 3.22. The number of piperazine rings is 2. The molecule has 224 valence electrons. The highest BCUT2D eigenvalue weighted by Crippen LogP contribution is 2.44. The molecule has 0 N–H and O–H groups in total. The number of aromatic nitrogens is 1. The molecule has 1 aromatic carbocycles. The normalized spacial score (nSPS) is 24.6. The van der Waals surface area contributed by atoms with Gasteiger partial charge in [-0.05, 0) is 45.5 Å². The summed E-state index contributed by atoms with van der Waals surface area (Å²) in [5, 5.41) is 0. The smallest absolute Gasteiger partial charge is 0.262 e. The number of rotatable bonds is 4. The van der Waals surface area contributed by atoms with Crippen molar-refractivity contribution < 1.29 is 23.1 Å². The Hall–Kier alpha value is -3.57. The monoisotopic (exact) mass is 580 g/mol. The number of hydrogen-bond donors (Lipinski definition) is 0. The van der Waals surface area contributed by atoms with Crippen LogP contribution in [0.1, 0.15) is 30.6 Å². The molecule has 3 fully saturated rings. The first-order valence-electron chi connectivity index (χ1n) is 14.6. The Morgan fingerprint density at radius 3 is 2.52 bits per heavy atom. The molecular weight excluding hydrogens is 542 g/mol. The first kappa shape index (κ1) is 28.5. The molecule has 0 radical (unpaired) electrons. The average molecular weight is 581 g/mol. The number of halogens is 2. The van der Waals surface area contributed by atoms with E-state index >= 15 is 8.78 Å². The number of hydrogen-bond acceptors (Lipinski definition) is 7. The summed E-state index contributed by atoms with van der Waals surface area (Å²) in [6.07, 6.45) is 2.08. The molecule has 4 aliphatic rings. The van der Waals surface area contributed by atoms with Crippen LogP contribution in [0.15, 0.2) is 36.9 Å². The second-order valence-corrected chi connectivity index (χ2v) is 12.4. The Balaban J connectivity index is 1.45. The number of pyridine rings is 1. The number of amides is 2. The third-order valence-corrected chi connectivity index (χ3v) is 9.24. The number of nitrogens with zero attached hydrogens (tertiary/aromatic N) is 6. The number of anilines is 1. The predicted octanol–water partition coefficient (Wildman–Crippen LogP) is 2.86. The van der Waals surface area contributed by atoms with E-state index in [2.05, 4.69) is 42.2 Å². The Morgan fingerprint density at radius 2 is 1.81 bits per heavy atom. The molecule has 0 aliphatic carbocycles. The van der Waals surface area contributed by atoms with Gasteiger partial charge in [-0.2, -0.15) is 0 Å². The molecule has 6 rings (SSSR count). The van der Waals surface area contributed by atoms with Crippen LogP contribution in [0.5, 0.6) is 5.75 Å². The highest BCUT2D eigenvalue weighted by atomic mass is 19.1. The van der Waals surface area contributed by atoms with E-state index < -0.39 is 29.1 Å². The third-order valence-electron chi connectivity index (χ3n) is 9.24. The lowest BCUT2D eigenvalue weighted by Crippen LogP contribution is -2.57. The van der Waals surface area contributed by atoms with Crippen LogP contribution in [-0.4, -0.2) is 120 Å². The summed E-state index contributed by atoms with van der Waals surface area (Å²) in [5.41, 5.74) is -0.532. The number of fused-ring (bicyclic) bond motifs is 2. The van der Waals surface area contributed by atoms with Crippen LogP contribution in [0.3, 0.4) is 0 Å². The Bertz CT molecular complexity index is 1410. The van der Waals surface area contributed by atoms with Crippen molar-refractivity contribution in [1.82, 2.24) is 24.6 Å². The van der Waals surface area contributed by atoms with Crippen LogP contribution >= 0.6 is 0 Å². The van der Waals surface area contributed by atoms with Crippen LogP contribution in [-0.2, 0) is 4.79 Å². The quantitative estimate of drug-likeness (QED) is 0.515. The van der Waals surface area contributed by atoms with Gasteiger partial charge in [-0.1, -0.05) is 18.7 Å². The van der Waals surface area contributed by atoms with Gasteiger partial charge in [0, 0.05) is 69.5 Å². The van der Waals surface area contributed by atoms with Gasteiger partial charge in [-0.3, -0.25) is 14.5 Å². The zero-order chi connectivity index (χ0) is 29.8. The Kier molecular flexibility index (Phi) is 7.43. The van der Waals surface area contributed by atoms with Crippen molar-refractivity contribution in [2.24, 2.45) is 0 Å². The first-order chi connectivity index (χ1) is 20.1. The van der Waals surface area contributed by atoms with Gasteiger partial charge in [0.05, 0.1) is 6.04 Å². The molecule has 3 saturated heterocycles. The van der Waals surface area contributed by atoms with Crippen LogP contribution < -0.4 is 9.64 Å². The Labute approximate surface area is 245 Å². The van der Waals surface area contributed by atoms with Gasteiger partial charge in [0.25, 0.3) is 5.91 Å². The number of benzene rings is 1. The van der Waals surface area contributed by atoms with Crippen molar-refractivity contribution in [2.45, 2.75) is 37.9 Å². The highest BCUT2D eigenvalue weighted by molar-refractivity contribution is 6.03. The van der Waals surface area contributed by atoms with E-state index in [1.165, 1.54) is 18.2 Å². The fraction of sp³-hybridized carbons (Fsp3) is 0.516. The van der Waals surface area contributed by atoms with Crippen LogP contribution in [0.25, 0.3) is 11.3 Å². The molecule has 0 saturated carbocycles. The van der Waals surface area contributed by atoms with E-state index in [0.29, 0.717) is 18.9 Å². The number of carbonyl (C=O) groups excluding carboxylic acids is 2. The molecule has 42 heavy (non-hydrogen) atoms. The molecule has 5 heterocycles. The zero-order valence-corrected chi connectivity index (χ0v) is 24.5. The number of carbonyl (C=O) groups is 2. The minimum atomic E-state index is -0.862. The highest BCUT2D eigenvalue weighted by Gasteiger charge is 2.47. The maximum Gasteiger partial charge on any atom is 0.262 e. The van der Waals surface area contributed by atoms with E-state index in [-0.39, 0.29) is 54.2 Å². The molecule has 11 heteroatoms. The summed E-state index contributed by atoms with van der Waals surface area (Å²) >= 11 is 0. The van der Waals surface area contributed by atoms with Gasteiger partial charge >= 0.3 is 0 Å². The van der Waals surface area contributed by atoms with Crippen molar-refractivity contribution in [3.8, 4) is 17.0 Å². The molecule has 4 aliphatic heterocycles. The molecule has 0 spiro atoms. The molecular formula is C31H38F2N6O3. The van der Waals surface area contributed by atoms with Gasteiger partial charge in [0.1, 0.15) is 29.5 Å². The molecule has 2 aromatic rings. The zero-order valence-electron chi connectivity index (χ0n) is 24.5. The lowest BCUT2D eigenvalue weighted by molar-refractivity contribution is -0.128. The largest absolute Gasteiger partial charge is 0.487 e. The maximum atomic E-state index is 16.3. The maximum absolute atomic E-state index is 16.3. The fourth-order valence-electron chi connectivity index (χ4n) is 6.82. The van der Waals surface area contributed by atoms with Crippen molar-refractivity contribution in [3.63, 3.8) is 0 Å². The van der Waals surface area contributed by atoms with Crippen molar-refractivity contribution in [2.75, 3.05) is 70.9 Å². The SMILES string of the molecule is C=CC(=O)N1CCN2C(=O)c3c(N4CC(N5CCN(C)CC5)CC4(C)C)nc(-c4ccccc4F)c(F)c3OC[C@H]2C1. The van der Waals surface area contributed by atoms with E-state index in [1.807, 2.05) is 0 Å². The summed E-state index contributed by atoms with van der Waals surface area (Å²) in [4.78, 5) is 41.5. The minimum Gasteiger partial charge on any atom is -0.487 e. The molecule has 1 aromatic heterocycles. The lowest BCUT2D eigenvalue weighted by atomic mass is 9.98. The van der Waals surface area contributed by atoms with Crippen molar-refractivity contribution >= 4 is 17.6 Å². The number of ether oxygens (including phenoxy) is 1. The lowest BCUT2D eigenvalue weighted by Gasteiger charge is -2.40. The third kappa shape index (κ3) is 4.92. The minimum absolute atomic E-state index is 0.00689. The van der Waals surface area contributed by atoms with Crippen LogP contribution in [0.4, 0.5) is 14.6 Å². The Morgan fingerprint density at radius 1 is 1.07 bits per heavy atom. The van der Waals surface area contributed by atoms with E-state index in [0.717, 1.165) is 32.6 Å². The topological polar surface area (TPSA) is 72.5 Å². The fourth-order valence-corrected chi connectivity index (χ4v) is 6.82. The molecule has 2 amide bonds. The second-order valence-electron chi connectivity index (χ2n) is 12.4. The summed E-state index contributed by atoms with van der Waals surface area (Å²) in [7, 11) is 2.12. The molecule has 9 nitrogen and oxygen atoms in total. The van der Waals surface area contributed by atoms with Crippen LogP contribution in [0.2, 0.25) is 0 Å². The van der Waals surface area contributed by atoms with Gasteiger partial charge in [0.15, 0.2) is 11.6 Å². The van der Waals surface area contributed by atoms with Crippen molar-refractivity contribution in [1.29, 1.82) is 0 Å². The van der Waals surface area contributed by atoms with Crippen LogP contribution in [0, 0.1) is 11.6 Å². The van der Waals surface area contributed by atoms with Gasteiger partial charge < -0.3 is 24.3 Å². The summed E-state index contributed by atoms with van der Waals surface area (Å²) in [5.74, 6) is -1.99. The first-order valence-corrected chi connectivity index (χ1v) is 14.6. The molecule has 0 bridgehead atoms. The van der Waals surface area contributed by atoms with Gasteiger partial charge in [0.2, 0.25) is 5.91 Å². The van der Waals surface area contributed by atoms with E-state index in [9.17, 15) is 9.59 Å². The standard InChI is InChI=1S/C31H38F2N6O3/c1-5-24(40)37-14-15-38-21(17-37)19-42-28-25(30(38)41)29(34-27(26(28)33)22-8-6-7-9-23(22)32)39-18-20(16-31(39,2)3)36-12-10-35(4)11-13-36/h5-9,20-21H,1,10-19H2,2-4H3/t20?,21-/m1/s1. The van der Waals surface area contributed by atoms with Gasteiger partial charge in [-0.25, -0.2) is 13.8 Å².